The third-order valence-electron chi connectivity index (χ3n) is 3.37. The van der Waals surface area contributed by atoms with Crippen LogP contribution in [0.2, 0.25) is 0 Å². The lowest BCUT2D eigenvalue weighted by atomic mass is 10.1. The van der Waals surface area contributed by atoms with Crippen LogP contribution in [-0.4, -0.2) is 16.7 Å². The summed E-state index contributed by atoms with van der Waals surface area (Å²) in [5.41, 5.74) is 7.84. The van der Waals surface area contributed by atoms with Gasteiger partial charge in [-0.2, -0.15) is 0 Å². The van der Waals surface area contributed by atoms with E-state index >= 15 is 0 Å². The third-order valence-corrected chi connectivity index (χ3v) is 3.37. The van der Waals surface area contributed by atoms with Gasteiger partial charge in [-0.25, -0.2) is 0 Å². The van der Waals surface area contributed by atoms with Crippen molar-refractivity contribution in [2.45, 2.75) is 6.42 Å². The summed E-state index contributed by atoms with van der Waals surface area (Å²) in [6, 6.07) is 13.3. The van der Waals surface area contributed by atoms with E-state index in [0.29, 0.717) is 17.9 Å². The fourth-order valence-electron chi connectivity index (χ4n) is 2.24. The second-order valence-corrected chi connectivity index (χ2v) is 4.79. The van der Waals surface area contributed by atoms with Crippen LogP contribution in [0.3, 0.4) is 0 Å². The number of ether oxygens (including phenoxy) is 1. The Morgan fingerprint density at radius 3 is 2.62 bits per heavy atom. The van der Waals surface area contributed by atoms with Crippen LogP contribution in [0.1, 0.15) is 5.56 Å². The molecule has 4 nitrogen and oxygen atoms in total. The Bertz CT molecular complexity index is 754. The lowest BCUT2D eigenvalue weighted by Gasteiger charge is -2.11. The molecule has 3 N–H and O–H groups in total. The molecule has 0 aliphatic carbocycles. The van der Waals surface area contributed by atoms with Crippen molar-refractivity contribution in [1.29, 1.82) is 0 Å². The zero-order valence-corrected chi connectivity index (χ0v) is 11.5. The first kappa shape index (κ1) is 13.4. The van der Waals surface area contributed by atoms with E-state index in [1.165, 1.54) is 0 Å². The van der Waals surface area contributed by atoms with Gasteiger partial charge < -0.3 is 15.6 Å². The predicted octanol–water partition coefficient (Wildman–Crippen LogP) is 3.14. The van der Waals surface area contributed by atoms with Gasteiger partial charge in [0.25, 0.3) is 0 Å². The molecule has 0 atom stereocenters. The van der Waals surface area contributed by atoms with Gasteiger partial charge >= 0.3 is 0 Å². The Morgan fingerprint density at radius 1 is 1.05 bits per heavy atom. The molecule has 21 heavy (non-hydrogen) atoms. The second-order valence-electron chi connectivity index (χ2n) is 4.79. The SMILES string of the molecule is Nc1c(Oc2ccc(CCO)cc2)ccc2cnccc12. The van der Waals surface area contributed by atoms with Crippen molar-refractivity contribution >= 4 is 16.5 Å². The number of benzene rings is 2. The third kappa shape index (κ3) is 2.80. The molecule has 0 radical (unpaired) electrons. The number of pyridine rings is 1. The molecule has 0 fully saturated rings. The molecule has 3 rings (SSSR count). The highest BCUT2D eigenvalue weighted by Gasteiger charge is 2.06. The zero-order chi connectivity index (χ0) is 14.7. The minimum absolute atomic E-state index is 0.145. The van der Waals surface area contributed by atoms with Gasteiger partial charge in [0.05, 0.1) is 5.69 Å². The molecule has 0 unspecified atom stereocenters. The number of nitrogens with two attached hydrogens (primary N) is 1. The molecular formula is C17H16N2O2. The van der Waals surface area contributed by atoms with E-state index in [1.807, 2.05) is 42.5 Å². The Kier molecular flexibility index (Phi) is 3.71. The largest absolute Gasteiger partial charge is 0.455 e. The topological polar surface area (TPSA) is 68.4 Å². The molecule has 0 saturated heterocycles. The summed E-state index contributed by atoms with van der Waals surface area (Å²) in [4.78, 5) is 4.08. The molecule has 0 saturated carbocycles. The minimum atomic E-state index is 0.145. The van der Waals surface area contributed by atoms with E-state index in [0.717, 1.165) is 22.1 Å². The number of hydrogen-bond donors (Lipinski definition) is 2. The Labute approximate surface area is 122 Å². The monoisotopic (exact) mass is 280 g/mol. The Hall–Kier alpha value is -2.59. The minimum Gasteiger partial charge on any atom is -0.455 e. The molecule has 1 heterocycles. The first-order valence-electron chi connectivity index (χ1n) is 6.78. The first-order chi connectivity index (χ1) is 10.3. The highest BCUT2D eigenvalue weighted by molar-refractivity contribution is 5.95. The number of rotatable bonds is 4. The summed E-state index contributed by atoms with van der Waals surface area (Å²) in [6.07, 6.45) is 4.14. The van der Waals surface area contributed by atoms with Crippen molar-refractivity contribution < 1.29 is 9.84 Å². The van der Waals surface area contributed by atoms with Gasteiger partial charge in [0.15, 0.2) is 5.75 Å². The van der Waals surface area contributed by atoms with Crippen LogP contribution < -0.4 is 10.5 Å². The maximum atomic E-state index is 8.91. The number of aliphatic hydroxyl groups is 1. The Morgan fingerprint density at radius 2 is 1.86 bits per heavy atom. The van der Waals surface area contributed by atoms with E-state index in [2.05, 4.69) is 4.98 Å². The fourth-order valence-corrected chi connectivity index (χ4v) is 2.24. The second kappa shape index (κ2) is 5.81. The normalized spacial score (nSPS) is 10.7. The van der Waals surface area contributed by atoms with Crippen LogP contribution in [-0.2, 0) is 6.42 Å². The molecule has 0 aliphatic rings. The van der Waals surface area contributed by atoms with E-state index in [4.69, 9.17) is 15.6 Å². The first-order valence-corrected chi connectivity index (χ1v) is 6.78. The van der Waals surface area contributed by atoms with Crippen LogP contribution in [0, 0.1) is 0 Å². The summed E-state index contributed by atoms with van der Waals surface area (Å²) in [5, 5.41) is 10.8. The van der Waals surface area contributed by atoms with Crippen molar-refractivity contribution in [3.05, 3.63) is 60.4 Å². The Balaban J connectivity index is 1.89. The van der Waals surface area contributed by atoms with Gasteiger partial charge in [0.1, 0.15) is 5.75 Å². The van der Waals surface area contributed by atoms with Crippen molar-refractivity contribution in [1.82, 2.24) is 4.98 Å². The molecule has 0 spiro atoms. The average molecular weight is 280 g/mol. The number of nitrogen functional groups attached to an aromatic ring is 1. The number of anilines is 1. The number of aromatic nitrogens is 1. The van der Waals surface area contributed by atoms with Crippen LogP contribution in [0.4, 0.5) is 5.69 Å². The van der Waals surface area contributed by atoms with Gasteiger partial charge in [-0.15, -0.1) is 0 Å². The maximum Gasteiger partial charge on any atom is 0.150 e. The molecule has 2 aromatic carbocycles. The standard InChI is InChI=1S/C17H16N2O2/c18-17-15-7-9-19-11-13(15)3-6-16(17)21-14-4-1-12(2-5-14)8-10-20/h1-7,9,11,20H,8,10,18H2. The molecule has 106 valence electrons. The van der Waals surface area contributed by atoms with Gasteiger partial charge in [-0.3, -0.25) is 4.98 Å². The molecule has 4 heteroatoms. The smallest absolute Gasteiger partial charge is 0.150 e. The average Bonchev–Trinajstić information content (AvgIpc) is 2.52. The van der Waals surface area contributed by atoms with Gasteiger partial charge in [0, 0.05) is 29.8 Å². The number of nitrogens with zero attached hydrogens (tertiary/aromatic N) is 1. The fraction of sp³-hybridized carbons (Fsp3) is 0.118. The summed E-state index contributed by atoms with van der Waals surface area (Å²) in [6.45, 7) is 0.145. The van der Waals surface area contributed by atoms with E-state index in [1.54, 1.807) is 12.4 Å². The number of hydrogen-bond acceptors (Lipinski definition) is 4. The van der Waals surface area contributed by atoms with Crippen LogP contribution >= 0.6 is 0 Å². The zero-order valence-electron chi connectivity index (χ0n) is 11.5. The maximum absolute atomic E-state index is 8.91. The van der Waals surface area contributed by atoms with Crippen molar-refractivity contribution in [3.63, 3.8) is 0 Å². The van der Waals surface area contributed by atoms with E-state index in [9.17, 15) is 0 Å². The van der Waals surface area contributed by atoms with Gasteiger partial charge in [-0.05, 0) is 42.3 Å². The highest BCUT2D eigenvalue weighted by Crippen LogP contribution is 2.33. The molecule has 0 aliphatic heterocycles. The molecule has 0 amide bonds. The molecular weight excluding hydrogens is 264 g/mol. The van der Waals surface area contributed by atoms with Crippen molar-refractivity contribution in [2.24, 2.45) is 0 Å². The summed E-state index contributed by atoms with van der Waals surface area (Å²) in [5.74, 6) is 1.35. The van der Waals surface area contributed by atoms with E-state index < -0.39 is 0 Å². The summed E-state index contributed by atoms with van der Waals surface area (Å²) in [7, 11) is 0. The van der Waals surface area contributed by atoms with Crippen molar-refractivity contribution in [3.8, 4) is 11.5 Å². The van der Waals surface area contributed by atoms with Crippen LogP contribution in [0.15, 0.2) is 54.9 Å². The van der Waals surface area contributed by atoms with Crippen LogP contribution in [0.5, 0.6) is 11.5 Å². The lowest BCUT2D eigenvalue weighted by Crippen LogP contribution is -1.94. The molecule has 0 bridgehead atoms. The van der Waals surface area contributed by atoms with E-state index in [-0.39, 0.29) is 6.61 Å². The lowest BCUT2D eigenvalue weighted by molar-refractivity contribution is 0.299. The van der Waals surface area contributed by atoms with Gasteiger partial charge in [0.2, 0.25) is 0 Å². The number of aliphatic hydroxyl groups excluding tert-OH is 1. The quantitative estimate of drug-likeness (QED) is 0.720. The predicted molar refractivity (Wildman–Crippen MR) is 83.5 cm³/mol. The summed E-state index contributed by atoms with van der Waals surface area (Å²) < 4.78 is 5.84. The van der Waals surface area contributed by atoms with Crippen LogP contribution in [0.25, 0.3) is 10.8 Å². The summed E-state index contributed by atoms with van der Waals surface area (Å²) >= 11 is 0. The number of fused-ring (bicyclic) bond motifs is 1. The molecule has 1 aromatic heterocycles. The van der Waals surface area contributed by atoms with Gasteiger partial charge in [-0.1, -0.05) is 12.1 Å². The molecule has 3 aromatic rings. The van der Waals surface area contributed by atoms with Crippen molar-refractivity contribution in [2.75, 3.05) is 12.3 Å². The highest BCUT2D eigenvalue weighted by atomic mass is 16.5.